The van der Waals surface area contributed by atoms with Gasteiger partial charge in [0.05, 0.1) is 0 Å². The van der Waals surface area contributed by atoms with Crippen LogP contribution in [0.25, 0.3) is 22.4 Å². The summed E-state index contributed by atoms with van der Waals surface area (Å²) < 4.78 is 10.4. The van der Waals surface area contributed by atoms with Crippen molar-refractivity contribution >= 4 is 11.0 Å². The Morgan fingerprint density at radius 2 is 2.14 bits per heavy atom. The molecule has 3 rings (SSSR count). The molecule has 6 heteroatoms. The Bertz CT molecular complexity index is 822. The third kappa shape index (κ3) is 2.71. The van der Waals surface area contributed by atoms with Gasteiger partial charge in [0.2, 0.25) is 0 Å². The average Bonchev–Trinajstić information content (AvgIpc) is 2.94. The van der Waals surface area contributed by atoms with Gasteiger partial charge in [-0.1, -0.05) is 23.4 Å². The lowest BCUT2D eigenvalue weighted by molar-refractivity contribution is 0.416. The van der Waals surface area contributed by atoms with E-state index in [2.05, 4.69) is 15.5 Å². The molecule has 0 amide bonds. The lowest BCUT2D eigenvalue weighted by atomic mass is 10.2. The van der Waals surface area contributed by atoms with Gasteiger partial charge in [-0.05, 0) is 26.1 Å². The Kier molecular flexibility index (Phi) is 3.53. The highest BCUT2D eigenvalue weighted by atomic mass is 16.5. The van der Waals surface area contributed by atoms with Crippen molar-refractivity contribution in [1.82, 2.24) is 15.5 Å². The van der Waals surface area contributed by atoms with E-state index in [-0.39, 0.29) is 17.5 Å². The minimum Gasteiger partial charge on any atom is -0.422 e. The third-order valence-corrected chi connectivity index (χ3v) is 3.32. The van der Waals surface area contributed by atoms with Crippen LogP contribution in [-0.4, -0.2) is 23.2 Å². The third-order valence-electron chi connectivity index (χ3n) is 3.32. The highest BCUT2D eigenvalue weighted by Gasteiger charge is 2.15. The zero-order valence-electron chi connectivity index (χ0n) is 11.8. The fourth-order valence-corrected chi connectivity index (χ4v) is 2.03. The molecule has 1 N–H and O–H groups in total. The molecular weight excluding hydrogens is 270 g/mol. The fourth-order valence-electron chi connectivity index (χ4n) is 2.03. The Balaban J connectivity index is 2.00. The minimum absolute atomic E-state index is 0.188. The Hall–Kier alpha value is -2.47. The van der Waals surface area contributed by atoms with Crippen LogP contribution in [-0.2, 0) is 6.42 Å². The molecule has 0 radical (unpaired) electrons. The second kappa shape index (κ2) is 5.49. The van der Waals surface area contributed by atoms with Crippen molar-refractivity contribution < 1.29 is 8.94 Å². The van der Waals surface area contributed by atoms with E-state index in [4.69, 9.17) is 8.94 Å². The monoisotopic (exact) mass is 285 g/mol. The number of nitrogens with zero attached hydrogens (tertiary/aromatic N) is 2. The number of likely N-dealkylation sites (N-methyl/N-ethyl adjacent to an activating group) is 1. The minimum atomic E-state index is -0.481. The summed E-state index contributed by atoms with van der Waals surface area (Å²) in [7, 11) is 1.86. The molecule has 0 aliphatic heterocycles. The van der Waals surface area contributed by atoms with Crippen LogP contribution in [0.4, 0.5) is 0 Å². The maximum atomic E-state index is 12.0. The largest absolute Gasteiger partial charge is 0.422 e. The van der Waals surface area contributed by atoms with E-state index in [1.54, 1.807) is 12.1 Å². The van der Waals surface area contributed by atoms with E-state index < -0.39 is 5.63 Å². The number of aromatic nitrogens is 2. The molecule has 3 aromatic rings. The first-order valence-electron chi connectivity index (χ1n) is 6.70. The first-order chi connectivity index (χ1) is 10.2. The number of benzene rings is 1. The summed E-state index contributed by atoms with van der Waals surface area (Å²) in [5.41, 5.74) is 0.338. The summed E-state index contributed by atoms with van der Waals surface area (Å²) in [6, 6.07) is 9.23. The molecule has 21 heavy (non-hydrogen) atoms. The lowest BCUT2D eigenvalue weighted by Crippen LogP contribution is -2.24. The maximum absolute atomic E-state index is 12.0. The molecule has 0 bridgehead atoms. The summed E-state index contributed by atoms with van der Waals surface area (Å²) in [6.07, 6.45) is 0.624. The zero-order valence-corrected chi connectivity index (χ0v) is 11.8. The molecule has 1 atom stereocenters. The predicted octanol–water partition coefficient (Wildman–Crippen LogP) is 1.99. The highest BCUT2D eigenvalue weighted by Crippen LogP contribution is 2.19. The second-order valence-electron chi connectivity index (χ2n) is 4.89. The van der Waals surface area contributed by atoms with Crippen molar-refractivity contribution in [3.8, 4) is 11.5 Å². The molecule has 0 fully saturated rings. The maximum Gasteiger partial charge on any atom is 0.349 e. The van der Waals surface area contributed by atoms with E-state index in [0.29, 0.717) is 17.8 Å². The van der Waals surface area contributed by atoms with Crippen LogP contribution < -0.4 is 10.9 Å². The van der Waals surface area contributed by atoms with Crippen LogP contribution in [0.5, 0.6) is 0 Å². The SMILES string of the molecule is CNC(C)Cc1noc(-c2cc3ccccc3oc2=O)n1. The van der Waals surface area contributed by atoms with Gasteiger partial charge >= 0.3 is 5.63 Å². The Labute approximate surface area is 120 Å². The first kappa shape index (κ1) is 13.5. The summed E-state index contributed by atoms with van der Waals surface area (Å²) in [4.78, 5) is 16.3. The summed E-state index contributed by atoms with van der Waals surface area (Å²) in [5.74, 6) is 0.743. The number of hydrogen-bond acceptors (Lipinski definition) is 6. The summed E-state index contributed by atoms with van der Waals surface area (Å²) >= 11 is 0. The fraction of sp³-hybridized carbons (Fsp3) is 0.267. The predicted molar refractivity (Wildman–Crippen MR) is 78.0 cm³/mol. The van der Waals surface area contributed by atoms with E-state index >= 15 is 0 Å². The van der Waals surface area contributed by atoms with Crippen LogP contribution in [0.1, 0.15) is 12.7 Å². The van der Waals surface area contributed by atoms with Gasteiger partial charge in [-0.3, -0.25) is 0 Å². The molecule has 0 saturated heterocycles. The molecule has 2 aromatic heterocycles. The standard InChI is InChI=1S/C15H15N3O3/c1-9(16-2)7-13-17-14(21-18-13)11-8-10-5-3-4-6-12(10)20-15(11)19/h3-6,8-9,16H,7H2,1-2H3. The van der Waals surface area contributed by atoms with Crippen molar-refractivity contribution in [2.45, 2.75) is 19.4 Å². The highest BCUT2D eigenvalue weighted by molar-refractivity contribution is 5.79. The molecule has 0 spiro atoms. The quantitative estimate of drug-likeness (QED) is 0.738. The van der Waals surface area contributed by atoms with Gasteiger partial charge in [-0.15, -0.1) is 0 Å². The normalized spacial score (nSPS) is 12.7. The van der Waals surface area contributed by atoms with Crippen molar-refractivity contribution in [3.63, 3.8) is 0 Å². The number of para-hydroxylation sites is 1. The molecule has 6 nitrogen and oxygen atoms in total. The second-order valence-corrected chi connectivity index (χ2v) is 4.89. The molecule has 2 heterocycles. The van der Waals surface area contributed by atoms with E-state index in [0.717, 1.165) is 5.39 Å². The smallest absolute Gasteiger partial charge is 0.349 e. The molecule has 0 aliphatic carbocycles. The van der Waals surface area contributed by atoms with Gasteiger partial charge in [0.1, 0.15) is 11.1 Å². The van der Waals surface area contributed by atoms with Crippen LogP contribution >= 0.6 is 0 Å². The number of rotatable bonds is 4. The lowest BCUT2D eigenvalue weighted by Gasteiger charge is -2.04. The van der Waals surface area contributed by atoms with E-state index in [9.17, 15) is 4.79 Å². The van der Waals surface area contributed by atoms with Crippen molar-refractivity contribution in [2.75, 3.05) is 7.05 Å². The average molecular weight is 285 g/mol. The number of nitrogens with one attached hydrogen (secondary N) is 1. The van der Waals surface area contributed by atoms with Gasteiger partial charge in [0.15, 0.2) is 5.82 Å². The van der Waals surface area contributed by atoms with E-state index in [1.165, 1.54) is 0 Å². The van der Waals surface area contributed by atoms with Gasteiger partial charge in [0.25, 0.3) is 5.89 Å². The molecular formula is C15H15N3O3. The molecule has 1 unspecified atom stereocenters. The van der Waals surface area contributed by atoms with Gasteiger partial charge in [-0.25, -0.2) is 4.79 Å². The summed E-state index contributed by atoms with van der Waals surface area (Å²) in [5, 5.41) is 7.81. The first-order valence-corrected chi connectivity index (χ1v) is 6.70. The Morgan fingerprint density at radius 1 is 1.33 bits per heavy atom. The van der Waals surface area contributed by atoms with Gasteiger partial charge in [0, 0.05) is 17.8 Å². The van der Waals surface area contributed by atoms with Crippen LogP contribution in [0, 0.1) is 0 Å². The number of hydrogen-bond donors (Lipinski definition) is 1. The van der Waals surface area contributed by atoms with Crippen LogP contribution in [0.15, 0.2) is 44.1 Å². The van der Waals surface area contributed by atoms with E-state index in [1.807, 2.05) is 32.2 Å². The zero-order chi connectivity index (χ0) is 14.8. The van der Waals surface area contributed by atoms with Gasteiger partial charge < -0.3 is 14.3 Å². The molecule has 0 aliphatic rings. The molecule has 1 aromatic carbocycles. The van der Waals surface area contributed by atoms with Gasteiger partial charge in [-0.2, -0.15) is 4.98 Å². The van der Waals surface area contributed by atoms with Crippen LogP contribution in [0.3, 0.4) is 0 Å². The van der Waals surface area contributed by atoms with Crippen molar-refractivity contribution in [2.24, 2.45) is 0 Å². The van der Waals surface area contributed by atoms with Crippen molar-refractivity contribution in [3.05, 3.63) is 46.6 Å². The Morgan fingerprint density at radius 3 is 2.95 bits per heavy atom. The van der Waals surface area contributed by atoms with Crippen molar-refractivity contribution in [1.29, 1.82) is 0 Å². The van der Waals surface area contributed by atoms with Crippen LogP contribution in [0.2, 0.25) is 0 Å². The molecule has 108 valence electrons. The molecule has 0 saturated carbocycles. The summed E-state index contributed by atoms with van der Waals surface area (Å²) in [6.45, 7) is 2.01. The topological polar surface area (TPSA) is 81.2 Å². The number of fused-ring (bicyclic) bond motifs is 1.